The first-order valence-electron chi connectivity index (χ1n) is 12.1. The first kappa shape index (κ1) is 38.6. The van der Waals surface area contributed by atoms with Crippen LogP contribution in [0.3, 0.4) is 0 Å². The number of aromatic nitrogens is 4. The van der Waals surface area contributed by atoms with E-state index in [0.29, 0.717) is 10.7 Å². The normalized spacial score (nSPS) is 20.0. The molecule has 2 aliphatic heterocycles. The minimum Gasteiger partial charge on any atom is -0.548 e. The number of amides is 3. The maximum Gasteiger partial charge on any atom is 1.00 e. The molecule has 220 valence electrons. The molecule has 0 bridgehead atoms. The summed E-state index contributed by atoms with van der Waals surface area (Å²) in [5.41, 5.74) is -1.70. The molecule has 0 radical (unpaired) electrons. The van der Waals surface area contributed by atoms with Gasteiger partial charge in [0, 0.05) is 32.1 Å². The van der Waals surface area contributed by atoms with Crippen LogP contribution in [0.15, 0.2) is 16.4 Å². The Hall–Kier alpha value is -1.38. The zero-order valence-corrected chi connectivity index (χ0v) is 29.8. The van der Waals surface area contributed by atoms with E-state index in [2.05, 4.69) is 26.2 Å². The van der Waals surface area contributed by atoms with Crippen molar-refractivity contribution in [1.82, 2.24) is 35.7 Å². The standard InChI is InChI=1S/C22H31N7O9S2.2Na/c1-11(2)8-38-21(36)23-13(16(31)32)6-5-7-14(30)24-22(37-4)18(35)29-15(17(33)34)12(9-39-19(22)29)10-40-20-25-26-27-28(20)3;;/h11,13,19H,5-10H2,1-4H3,(H,23,36)(H,24,30)(H,31,32)(H,33,34);;/q;2*+1/p-2/t13?,19-,22-;;/m0../s1. The zero-order valence-electron chi connectivity index (χ0n) is 24.2. The van der Waals surface area contributed by atoms with Gasteiger partial charge >= 0.3 is 65.2 Å². The number of carbonyl (C=O) groups excluding carboxylic acids is 5. The number of carboxylic acids is 2. The van der Waals surface area contributed by atoms with Crippen molar-refractivity contribution in [2.45, 2.75) is 55.4 Å². The van der Waals surface area contributed by atoms with Gasteiger partial charge in [0.05, 0.1) is 30.3 Å². The third kappa shape index (κ3) is 9.07. The number of thioether (sulfide) groups is 2. The third-order valence-corrected chi connectivity index (χ3v) is 8.40. The number of hydrogen-bond acceptors (Lipinski definition) is 14. The van der Waals surface area contributed by atoms with Gasteiger partial charge in [0.25, 0.3) is 11.6 Å². The maximum atomic E-state index is 13.2. The fourth-order valence-corrected chi connectivity index (χ4v) is 6.38. The molecule has 0 aliphatic carbocycles. The van der Waals surface area contributed by atoms with Crippen molar-refractivity contribution in [2.24, 2.45) is 13.0 Å². The van der Waals surface area contributed by atoms with Crippen LogP contribution in [0.5, 0.6) is 0 Å². The van der Waals surface area contributed by atoms with Crippen LogP contribution in [0.4, 0.5) is 4.79 Å². The van der Waals surface area contributed by atoms with Gasteiger partial charge in [0.1, 0.15) is 5.37 Å². The Kier molecular flexibility index (Phi) is 15.8. The van der Waals surface area contributed by atoms with E-state index in [9.17, 15) is 34.2 Å². The van der Waals surface area contributed by atoms with E-state index in [-0.39, 0.29) is 108 Å². The fourth-order valence-electron chi connectivity index (χ4n) is 3.95. The molecule has 3 amide bonds. The van der Waals surface area contributed by atoms with Crippen LogP contribution in [0.2, 0.25) is 0 Å². The first-order chi connectivity index (χ1) is 18.9. The molecule has 2 aliphatic rings. The van der Waals surface area contributed by atoms with Crippen molar-refractivity contribution in [3.63, 3.8) is 0 Å². The number of β-lactam (4-membered cyclic amide) rings is 1. The number of hydrogen-bond donors (Lipinski definition) is 2. The van der Waals surface area contributed by atoms with Crippen LogP contribution in [-0.2, 0) is 35.7 Å². The van der Waals surface area contributed by atoms with Crippen molar-refractivity contribution >= 4 is 53.4 Å². The minimum atomic E-state index is -1.82. The van der Waals surface area contributed by atoms with Crippen molar-refractivity contribution < 1.29 is 103 Å². The van der Waals surface area contributed by atoms with Gasteiger partial charge in [-0.15, -0.1) is 16.9 Å². The van der Waals surface area contributed by atoms with E-state index in [1.54, 1.807) is 7.05 Å². The van der Waals surface area contributed by atoms with Gasteiger partial charge in [-0.05, 0) is 34.8 Å². The average Bonchev–Trinajstić information content (AvgIpc) is 3.32. The zero-order chi connectivity index (χ0) is 29.6. The van der Waals surface area contributed by atoms with E-state index in [1.165, 1.54) is 35.3 Å². The van der Waals surface area contributed by atoms with E-state index in [4.69, 9.17) is 9.47 Å². The van der Waals surface area contributed by atoms with Gasteiger partial charge < -0.3 is 39.9 Å². The number of fused-ring (bicyclic) bond motifs is 1. The molecule has 0 saturated carbocycles. The van der Waals surface area contributed by atoms with Crippen molar-refractivity contribution in [3.8, 4) is 0 Å². The largest absolute Gasteiger partial charge is 1.00 e. The van der Waals surface area contributed by atoms with Gasteiger partial charge in [-0.1, -0.05) is 25.6 Å². The number of carbonyl (C=O) groups is 5. The molecule has 1 aromatic heterocycles. The average molecular weight is 646 g/mol. The molecule has 1 fully saturated rings. The van der Waals surface area contributed by atoms with Gasteiger partial charge in [-0.3, -0.25) is 14.5 Å². The molecule has 20 heteroatoms. The number of methoxy groups -OCH3 is 1. The van der Waals surface area contributed by atoms with Gasteiger partial charge in [-0.2, -0.15) is 0 Å². The molecular weight excluding hydrogens is 616 g/mol. The molecule has 0 spiro atoms. The maximum absolute atomic E-state index is 13.2. The summed E-state index contributed by atoms with van der Waals surface area (Å²) >= 11 is 2.40. The number of alkyl carbamates (subject to hydrolysis) is 1. The molecule has 42 heavy (non-hydrogen) atoms. The SMILES string of the molecule is CO[C@@]1(NC(=O)CCCC(NC(=O)OCC(C)C)C(=O)[O-])C(=O)N2C(C(=O)[O-])=C(CSc3nnnn3C)CS[C@H]21.[Na+].[Na+]. The second kappa shape index (κ2) is 17.2. The molecule has 3 heterocycles. The van der Waals surface area contributed by atoms with Crippen LogP contribution in [0, 0.1) is 5.92 Å². The molecule has 16 nitrogen and oxygen atoms in total. The summed E-state index contributed by atoms with van der Waals surface area (Å²) in [5, 5.41) is 38.8. The molecule has 3 atom stereocenters. The number of tetrazole rings is 1. The molecular formula is C22H29N7Na2O9S2. The summed E-state index contributed by atoms with van der Waals surface area (Å²) in [6, 6.07) is -1.39. The van der Waals surface area contributed by atoms with Gasteiger partial charge in [-0.25, -0.2) is 9.48 Å². The second-order valence-corrected chi connectivity index (χ2v) is 11.4. The number of nitrogens with one attached hydrogen (secondary N) is 2. The number of aliphatic carboxylic acids is 2. The molecule has 2 N–H and O–H groups in total. The Balaban J connectivity index is 0.00000441. The van der Waals surface area contributed by atoms with Crippen molar-refractivity contribution in [1.29, 1.82) is 0 Å². The predicted molar refractivity (Wildman–Crippen MR) is 134 cm³/mol. The molecule has 1 aromatic rings. The summed E-state index contributed by atoms with van der Waals surface area (Å²) in [7, 11) is 2.84. The van der Waals surface area contributed by atoms with Crippen LogP contribution >= 0.6 is 23.5 Å². The molecule has 0 aromatic carbocycles. The third-order valence-electron chi connectivity index (χ3n) is 5.93. The summed E-state index contributed by atoms with van der Waals surface area (Å²) in [5.74, 6) is -4.05. The number of rotatable bonds is 14. The summed E-state index contributed by atoms with van der Waals surface area (Å²) in [4.78, 5) is 62.1. The first-order valence-corrected chi connectivity index (χ1v) is 14.2. The van der Waals surface area contributed by atoms with Crippen LogP contribution in [-0.4, -0.2) is 97.3 Å². The molecule has 3 rings (SSSR count). The minimum absolute atomic E-state index is 0. The molecule has 1 unspecified atom stereocenters. The van der Waals surface area contributed by atoms with Crippen LogP contribution in [0.1, 0.15) is 33.1 Å². The second-order valence-electron chi connectivity index (χ2n) is 9.34. The summed E-state index contributed by atoms with van der Waals surface area (Å²) in [6.45, 7) is 3.74. The van der Waals surface area contributed by atoms with E-state index >= 15 is 0 Å². The van der Waals surface area contributed by atoms with Gasteiger partial charge in [0.15, 0.2) is 0 Å². The quantitative estimate of drug-likeness (QED) is 0.0831. The van der Waals surface area contributed by atoms with E-state index < -0.39 is 47.0 Å². The van der Waals surface area contributed by atoms with E-state index in [0.717, 1.165) is 4.90 Å². The Morgan fingerprint density at radius 2 is 1.93 bits per heavy atom. The molecule has 1 saturated heterocycles. The summed E-state index contributed by atoms with van der Waals surface area (Å²) in [6.07, 6.45) is -1.24. The summed E-state index contributed by atoms with van der Waals surface area (Å²) < 4.78 is 11.7. The Morgan fingerprint density at radius 3 is 2.48 bits per heavy atom. The van der Waals surface area contributed by atoms with E-state index in [1.807, 2.05) is 13.8 Å². The van der Waals surface area contributed by atoms with Crippen molar-refractivity contribution in [3.05, 3.63) is 11.3 Å². The number of carboxylic acid groups (broad SMARTS) is 2. The fraction of sp³-hybridized carbons (Fsp3) is 0.636. The van der Waals surface area contributed by atoms with Crippen molar-refractivity contribution in [2.75, 3.05) is 25.2 Å². The Labute approximate surface area is 294 Å². The van der Waals surface area contributed by atoms with Gasteiger partial charge in [0.2, 0.25) is 11.1 Å². The Morgan fingerprint density at radius 1 is 1.24 bits per heavy atom. The van der Waals surface area contributed by atoms with Crippen LogP contribution in [0.25, 0.3) is 0 Å². The predicted octanol–water partition coefficient (Wildman–Crippen LogP) is -8.64. The number of ether oxygens (including phenoxy) is 2. The number of aryl methyl sites for hydroxylation is 1. The van der Waals surface area contributed by atoms with Crippen LogP contribution < -0.4 is 80.0 Å². The Bertz CT molecular complexity index is 1200. The monoisotopic (exact) mass is 645 g/mol. The number of nitrogens with zero attached hydrogens (tertiary/aromatic N) is 5. The smallest absolute Gasteiger partial charge is 0.548 e. The topological polar surface area (TPSA) is 221 Å².